The van der Waals surface area contributed by atoms with Crippen LogP contribution in [0.1, 0.15) is 35.4 Å². The number of nitrogens with zero attached hydrogens (tertiary/aromatic N) is 5. The van der Waals surface area contributed by atoms with Crippen molar-refractivity contribution in [1.29, 1.82) is 0 Å². The maximum absolute atomic E-state index is 13.3. The first-order chi connectivity index (χ1) is 14.8. The van der Waals surface area contributed by atoms with Crippen molar-refractivity contribution in [2.24, 2.45) is 11.4 Å². The summed E-state index contributed by atoms with van der Waals surface area (Å²) < 4.78 is 25.3. The zero-order valence-corrected chi connectivity index (χ0v) is 19.4. The Morgan fingerprint density at radius 2 is 2.03 bits per heavy atom. The highest BCUT2D eigenvalue weighted by molar-refractivity contribution is 7.93. The minimum Gasteiger partial charge on any atom is -0.423 e. The van der Waals surface area contributed by atoms with Gasteiger partial charge in [0, 0.05) is 43.8 Å². The van der Waals surface area contributed by atoms with Crippen LogP contribution < -0.4 is 4.90 Å². The van der Waals surface area contributed by atoms with Gasteiger partial charge in [0.1, 0.15) is 5.52 Å². The van der Waals surface area contributed by atoms with Crippen LogP contribution in [0.25, 0.3) is 11.1 Å². The topological polar surface area (TPSA) is 93.6 Å². The second-order valence-electron chi connectivity index (χ2n) is 8.20. The number of benzene rings is 1. The smallest absolute Gasteiger partial charge is 0.298 e. The van der Waals surface area contributed by atoms with E-state index in [1.165, 1.54) is 0 Å². The fraction of sp³-hybridized carbons (Fsp3) is 0.500. The molecule has 1 aliphatic heterocycles. The maximum atomic E-state index is 13.3. The van der Waals surface area contributed by atoms with E-state index in [-0.39, 0.29) is 12.3 Å². The first-order valence-electron chi connectivity index (χ1n) is 10.6. The lowest BCUT2D eigenvalue weighted by Crippen LogP contribution is -2.27. The molecule has 1 fully saturated rings. The molecule has 3 heterocycles. The Balaban J connectivity index is 1.44. The van der Waals surface area contributed by atoms with E-state index in [0.29, 0.717) is 43.5 Å². The Hall–Kier alpha value is -2.68. The summed E-state index contributed by atoms with van der Waals surface area (Å²) in [7, 11) is -0.688. The van der Waals surface area contributed by atoms with Crippen molar-refractivity contribution in [3.63, 3.8) is 0 Å². The Morgan fingerprint density at radius 1 is 1.23 bits per heavy atom. The van der Waals surface area contributed by atoms with Gasteiger partial charge in [0.25, 0.3) is 11.9 Å². The third kappa shape index (κ3) is 4.51. The van der Waals surface area contributed by atoms with E-state index < -0.39 is 9.73 Å². The SMILES string of the molecule is Cc1nn(C)c(C)c1CCC(=O)N=S1(=O)CCCN(c2nc3cccc(C)c3o2)CC1. The Kier molecular flexibility index (Phi) is 5.88. The summed E-state index contributed by atoms with van der Waals surface area (Å²) in [6.45, 7) is 7.11. The van der Waals surface area contributed by atoms with Gasteiger partial charge in [0.05, 0.1) is 15.4 Å². The molecule has 8 nitrogen and oxygen atoms in total. The van der Waals surface area contributed by atoms with Gasteiger partial charge in [-0.15, -0.1) is 0 Å². The van der Waals surface area contributed by atoms with E-state index in [0.717, 1.165) is 33.6 Å². The minimum absolute atomic E-state index is 0.248. The fourth-order valence-corrected chi connectivity index (χ4v) is 6.02. The van der Waals surface area contributed by atoms with Crippen LogP contribution in [0.15, 0.2) is 27.0 Å². The average Bonchev–Trinajstić information content (AvgIpc) is 3.18. The number of fused-ring (bicyclic) bond motifs is 1. The number of aromatic nitrogens is 3. The molecule has 3 aromatic rings. The summed E-state index contributed by atoms with van der Waals surface area (Å²) in [6, 6.07) is 6.42. The number of hydrogen-bond donors (Lipinski definition) is 0. The molecular weight excluding hydrogens is 414 g/mol. The van der Waals surface area contributed by atoms with Crippen molar-refractivity contribution in [2.75, 3.05) is 29.5 Å². The van der Waals surface area contributed by atoms with Gasteiger partial charge in [-0.3, -0.25) is 9.48 Å². The summed E-state index contributed by atoms with van der Waals surface area (Å²) in [5, 5.41) is 4.39. The number of anilines is 1. The lowest BCUT2D eigenvalue weighted by molar-refractivity contribution is -0.117. The second kappa shape index (κ2) is 8.45. The predicted molar refractivity (Wildman–Crippen MR) is 122 cm³/mol. The first kappa shape index (κ1) is 21.5. The second-order valence-corrected chi connectivity index (χ2v) is 10.7. The van der Waals surface area contributed by atoms with Crippen LogP contribution in [-0.2, 0) is 28.0 Å². The van der Waals surface area contributed by atoms with E-state index in [1.54, 1.807) is 0 Å². The normalized spacial score (nSPS) is 19.5. The molecule has 1 unspecified atom stereocenters. The van der Waals surface area contributed by atoms with Crippen molar-refractivity contribution in [1.82, 2.24) is 14.8 Å². The molecule has 0 spiro atoms. The number of carbonyl (C=O) groups is 1. The number of carbonyl (C=O) groups excluding carboxylic acids is 1. The number of para-hydroxylation sites is 1. The van der Waals surface area contributed by atoms with Crippen molar-refractivity contribution >= 4 is 32.8 Å². The summed E-state index contributed by atoms with van der Waals surface area (Å²) >= 11 is 0. The summed E-state index contributed by atoms with van der Waals surface area (Å²) in [6.07, 6.45) is 1.49. The highest BCUT2D eigenvalue weighted by Crippen LogP contribution is 2.26. The van der Waals surface area contributed by atoms with E-state index in [1.807, 2.05) is 55.6 Å². The molecule has 1 saturated heterocycles. The van der Waals surface area contributed by atoms with Gasteiger partial charge in [-0.25, -0.2) is 4.21 Å². The molecule has 1 aromatic carbocycles. The molecule has 2 aromatic heterocycles. The average molecular weight is 444 g/mol. The Morgan fingerprint density at radius 3 is 2.74 bits per heavy atom. The van der Waals surface area contributed by atoms with Crippen LogP contribution in [0.5, 0.6) is 0 Å². The van der Waals surface area contributed by atoms with Gasteiger partial charge in [-0.2, -0.15) is 14.4 Å². The van der Waals surface area contributed by atoms with Crippen LogP contribution in [0.2, 0.25) is 0 Å². The maximum Gasteiger partial charge on any atom is 0.298 e. The lowest BCUT2D eigenvalue weighted by atomic mass is 10.1. The van der Waals surface area contributed by atoms with Crippen molar-refractivity contribution in [3.8, 4) is 0 Å². The zero-order chi connectivity index (χ0) is 22.2. The summed E-state index contributed by atoms with van der Waals surface area (Å²) in [4.78, 5) is 19.1. The number of oxazole rings is 1. The lowest BCUT2D eigenvalue weighted by Gasteiger charge is -2.16. The highest BCUT2D eigenvalue weighted by atomic mass is 32.2. The molecule has 0 radical (unpaired) electrons. The standard InChI is InChI=1S/C22H29N5O3S/c1-15-7-5-8-19-21(15)30-22(23-19)27-11-6-13-31(29,14-12-27)25-20(28)10-9-18-16(2)24-26(4)17(18)3/h5,7-8H,6,9-14H2,1-4H3. The number of hydrogen-bond acceptors (Lipinski definition) is 6. The molecule has 0 saturated carbocycles. The Labute approximate surface area is 182 Å². The van der Waals surface area contributed by atoms with Crippen LogP contribution >= 0.6 is 0 Å². The molecule has 166 valence electrons. The van der Waals surface area contributed by atoms with Gasteiger partial charge in [-0.1, -0.05) is 12.1 Å². The Bertz CT molecular complexity index is 1250. The molecule has 0 aliphatic carbocycles. The molecule has 0 N–H and O–H groups in total. The number of amides is 1. The van der Waals surface area contributed by atoms with Crippen molar-refractivity contribution < 1.29 is 13.4 Å². The molecule has 1 atom stereocenters. The molecule has 9 heteroatoms. The van der Waals surface area contributed by atoms with Crippen LogP contribution in [0.4, 0.5) is 6.01 Å². The zero-order valence-electron chi connectivity index (χ0n) is 18.6. The monoisotopic (exact) mass is 443 g/mol. The predicted octanol–water partition coefficient (Wildman–Crippen LogP) is 3.32. The quantitative estimate of drug-likeness (QED) is 0.614. The van der Waals surface area contributed by atoms with Gasteiger partial charge in [-0.05, 0) is 50.8 Å². The number of rotatable bonds is 4. The third-order valence-electron chi connectivity index (χ3n) is 5.96. The van der Waals surface area contributed by atoms with Gasteiger partial charge < -0.3 is 9.32 Å². The molecule has 0 bridgehead atoms. The van der Waals surface area contributed by atoms with Gasteiger partial charge >= 0.3 is 0 Å². The molecular formula is C22H29N5O3S. The first-order valence-corrected chi connectivity index (χ1v) is 12.5. The van der Waals surface area contributed by atoms with E-state index in [9.17, 15) is 9.00 Å². The molecule has 31 heavy (non-hydrogen) atoms. The largest absolute Gasteiger partial charge is 0.423 e. The highest BCUT2D eigenvalue weighted by Gasteiger charge is 2.23. The van der Waals surface area contributed by atoms with Crippen LogP contribution in [0, 0.1) is 20.8 Å². The van der Waals surface area contributed by atoms with Crippen molar-refractivity contribution in [2.45, 2.75) is 40.0 Å². The van der Waals surface area contributed by atoms with E-state index in [4.69, 9.17) is 4.42 Å². The molecule has 1 aliphatic rings. The van der Waals surface area contributed by atoms with E-state index >= 15 is 0 Å². The summed E-state index contributed by atoms with van der Waals surface area (Å²) in [5.41, 5.74) is 5.68. The third-order valence-corrected chi connectivity index (χ3v) is 8.24. The van der Waals surface area contributed by atoms with Gasteiger partial charge in [0.15, 0.2) is 5.58 Å². The van der Waals surface area contributed by atoms with E-state index in [2.05, 4.69) is 14.4 Å². The number of aryl methyl sites for hydroxylation is 3. The van der Waals surface area contributed by atoms with Crippen LogP contribution in [-0.4, -0.2) is 49.5 Å². The summed E-state index contributed by atoms with van der Waals surface area (Å²) in [5.74, 6) is 0.458. The van der Waals surface area contributed by atoms with Gasteiger partial charge in [0.2, 0.25) is 0 Å². The molecule has 4 rings (SSSR count). The fourth-order valence-electron chi connectivity index (χ4n) is 4.08. The molecule has 1 amide bonds. The van der Waals surface area contributed by atoms with Crippen molar-refractivity contribution in [3.05, 3.63) is 40.7 Å². The van der Waals surface area contributed by atoms with Crippen LogP contribution in [0.3, 0.4) is 0 Å². The minimum atomic E-state index is -2.58.